The van der Waals surface area contributed by atoms with Crippen LogP contribution in [0.2, 0.25) is 0 Å². The van der Waals surface area contributed by atoms with Gasteiger partial charge in [0.2, 0.25) is 15.9 Å². The highest BCUT2D eigenvalue weighted by Crippen LogP contribution is 2.23. The van der Waals surface area contributed by atoms with Crippen molar-refractivity contribution in [3.05, 3.63) is 35.9 Å². The van der Waals surface area contributed by atoms with Crippen molar-refractivity contribution in [1.82, 2.24) is 9.21 Å². The summed E-state index contributed by atoms with van der Waals surface area (Å²) < 4.78 is 32.2. The summed E-state index contributed by atoms with van der Waals surface area (Å²) in [4.78, 5) is 26.8. The minimum absolute atomic E-state index is 0.0378. The lowest BCUT2D eigenvalue weighted by atomic mass is 10.0. The van der Waals surface area contributed by atoms with E-state index in [2.05, 4.69) is 0 Å². The third-order valence-corrected chi connectivity index (χ3v) is 6.68. The van der Waals surface area contributed by atoms with Gasteiger partial charge in [0, 0.05) is 13.1 Å². The Morgan fingerprint density at radius 2 is 1.72 bits per heavy atom. The number of sulfonamides is 1. The maximum Gasteiger partial charge on any atom is 0.410 e. The Morgan fingerprint density at radius 3 is 2.24 bits per heavy atom. The van der Waals surface area contributed by atoms with Gasteiger partial charge in [-0.2, -0.15) is 0 Å². The molecule has 0 aromatic heterocycles. The molecule has 1 heterocycles. The van der Waals surface area contributed by atoms with Crippen LogP contribution in [0.1, 0.15) is 52.5 Å². The van der Waals surface area contributed by atoms with Crippen LogP contribution in [0.3, 0.4) is 0 Å². The topological polar surface area (TPSA) is 84.0 Å². The summed E-state index contributed by atoms with van der Waals surface area (Å²) >= 11 is 0. The number of ether oxygens (including phenoxy) is 1. The Kier molecular flexibility index (Phi) is 7.68. The maximum absolute atomic E-state index is 13.0. The van der Waals surface area contributed by atoms with Gasteiger partial charge >= 0.3 is 6.09 Å². The second-order valence-electron chi connectivity index (χ2n) is 8.37. The first kappa shape index (κ1) is 23.2. The summed E-state index contributed by atoms with van der Waals surface area (Å²) in [6.45, 7) is 7.91. The predicted molar refractivity (Wildman–Crippen MR) is 112 cm³/mol. The predicted octanol–water partition coefficient (Wildman–Crippen LogP) is 3.20. The van der Waals surface area contributed by atoms with E-state index in [4.69, 9.17) is 4.74 Å². The van der Waals surface area contributed by atoms with Crippen LogP contribution in [0.15, 0.2) is 30.3 Å². The summed E-state index contributed by atoms with van der Waals surface area (Å²) in [5, 5.41) is 0. The van der Waals surface area contributed by atoms with E-state index in [1.807, 2.05) is 30.3 Å². The molecule has 0 aliphatic carbocycles. The zero-order valence-electron chi connectivity index (χ0n) is 17.8. The molecule has 0 N–H and O–H groups in total. The van der Waals surface area contributed by atoms with Gasteiger partial charge in [-0.1, -0.05) is 37.3 Å². The molecule has 0 radical (unpaired) electrons. The van der Waals surface area contributed by atoms with Gasteiger partial charge in [-0.25, -0.2) is 17.5 Å². The average molecular weight is 425 g/mol. The minimum atomic E-state index is -3.71. The molecule has 1 aromatic carbocycles. The zero-order chi connectivity index (χ0) is 21.7. The molecule has 0 bridgehead atoms. The van der Waals surface area contributed by atoms with E-state index in [0.717, 1.165) is 9.87 Å². The molecule has 8 heteroatoms. The van der Waals surface area contributed by atoms with Crippen molar-refractivity contribution < 1.29 is 22.7 Å². The zero-order valence-corrected chi connectivity index (χ0v) is 18.6. The highest BCUT2D eigenvalue weighted by molar-refractivity contribution is 7.89. The van der Waals surface area contributed by atoms with Crippen LogP contribution in [0.5, 0.6) is 0 Å². The lowest BCUT2D eigenvalue weighted by Gasteiger charge is -2.38. The van der Waals surface area contributed by atoms with E-state index in [1.54, 1.807) is 32.6 Å². The van der Waals surface area contributed by atoms with Gasteiger partial charge in [0.05, 0.1) is 18.2 Å². The molecule has 2 amide bonds. The number of likely N-dealkylation sites (tertiary alicyclic amines) is 1. The smallest absolute Gasteiger partial charge is 0.410 e. The molecule has 7 nitrogen and oxygen atoms in total. The van der Waals surface area contributed by atoms with E-state index < -0.39 is 33.7 Å². The van der Waals surface area contributed by atoms with Crippen LogP contribution >= 0.6 is 0 Å². The van der Waals surface area contributed by atoms with E-state index in [1.165, 1.54) is 0 Å². The average Bonchev–Trinajstić information content (AvgIpc) is 2.61. The Balaban J connectivity index is 2.12. The van der Waals surface area contributed by atoms with Gasteiger partial charge in [0.15, 0.2) is 0 Å². The molecule has 1 fully saturated rings. The lowest BCUT2D eigenvalue weighted by molar-refractivity contribution is -0.127. The maximum atomic E-state index is 13.0. The number of hydrogen-bond acceptors (Lipinski definition) is 5. The molecule has 0 atom stereocenters. The van der Waals surface area contributed by atoms with Gasteiger partial charge in [-0.15, -0.1) is 0 Å². The molecule has 1 saturated heterocycles. The minimum Gasteiger partial charge on any atom is -0.444 e. The van der Waals surface area contributed by atoms with Crippen LogP contribution in [0.25, 0.3) is 0 Å². The van der Waals surface area contributed by atoms with Crippen molar-refractivity contribution in [1.29, 1.82) is 0 Å². The Morgan fingerprint density at radius 1 is 1.14 bits per heavy atom. The van der Waals surface area contributed by atoms with Crippen LogP contribution in [0.4, 0.5) is 4.79 Å². The second kappa shape index (κ2) is 9.61. The first-order chi connectivity index (χ1) is 13.5. The molecule has 2 rings (SSSR count). The van der Waals surface area contributed by atoms with E-state index in [9.17, 15) is 18.0 Å². The van der Waals surface area contributed by atoms with Crippen LogP contribution in [0, 0.1) is 0 Å². The Hall–Kier alpha value is -2.09. The van der Waals surface area contributed by atoms with Crippen molar-refractivity contribution in [3.8, 4) is 0 Å². The van der Waals surface area contributed by atoms with Crippen molar-refractivity contribution in [2.75, 3.05) is 18.8 Å². The van der Waals surface area contributed by atoms with Crippen molar-refractivity contribution in [2.24, 2.45) is 0 Å². The van der Waals surface area contributed by atoms with Crippen LogP contribution in [-0.2, 0) is 26.0 Å². The number of benzene rings is 1. The van der Waals surface area contributed by atoms with Gasteiger partial charge in [-0.3, -0.25) is 4.79 Å². The highest BCUT2D eigenvalue weighted by Gasteiger charge is 2.37. The number of nitrogens with zero attached hydrogens (tertiary/aromatic N) is 2. The van der Waals surface area contributed by atoms with E-state index in [0.29, 0.717) is 32.4 Å². The molecule has 29 heavy (non-hydrogen) atoms. The monoisotopic (exact) mass is 424 g/mol. The summed E-state index contributed by atoms with van der Waals surface area (Å²) in [7, 11) is -3.71. The number of rotatable bonds is 6. The number of amides is 2. The molecule has 0 unspecified atom stereocenters. The molecular formula is C21H32N2O5S. The van der Waals surface area contributed by atoms with Gasteiger partial charge < -0.3 is 9.64 Å². The first-order valence-electron chi connectivity index (χ1n) is 10.1. The first-order valence-corrected chi connectivity index (χ1v) is 11.7. The third kappa shape index (κ3) is 6.73. The van der Waals surface area contributed by atoms with Crippen LogP contribution < -0.4 is 0 Å². The van der Waals surface area contributed by atoms with E-state index >= 15 is 0 Å². The third-order valence-electron chi connectivity index (χ3n) is 4.65. The van der Waals surface area contributed by atoms with Crippen molar-refractivity contribution in [2.45, 2.75) is 65.0 Å². The van der Waals surface area contributed by atoms with Crippen LogP contribution in [-0.4, -0.2) is 60.1 Å². The molecule has 1 aromatic rings. The standard InChI is InChI=1S/C21H32N2O5S/c1-5-15-29(26,27)23(19(24)16-17-9-7-6-8-10-17)18-11-13-22(14-12-18)20(25)28-21(2,3)4/h6-10,18H,5,11-16H2,1-4H3. The van der Waals surface area contributed by atoms with Gasteiger partial charge in [0.1, 0.15) is 5.60 Å². The fraction of sp³-hybridized carbons (Fsp3) is 0.619. The molecule has 162 valence electrons. The van der Waals surface area contributed by atoms with Gasteiger partial charge in [-0.05, 0) is 45.6 Å². The summed E-state index contributed by atoms with van der Waals surface area (Å²) in [6.07, 6.45) is 0.880. The quantitative estimate of drug-likeness (QED) is 0.700. The fourth-order valence-corrected chi connectivity index (χ4v) is 5.15. The Labute approximate surface area is 174 Å². The molecule has 1 aliphatic heterocycles. The summed E-state index contributed by atoms with van der Waals surface area (Å²) in [5.74, 6) is -0.486. The molecular weight excluding hydrogens is 392 g/mol. The highest BCUT2D eigenvalue weighted by atomic mass is 32.2. The lowest BCUT2D eigenvalue weighted by Crippen LogP contribution is -2.52. The normalized spacial score (nSPS) is 15.8. The molecule has 0 spiro atoms. The largest absolute Gasteiger partial charge is 0.444 e. The second-order valence-corrected chi connectivity index (χ2v) is 10.3. The fourth-order valence-electron chi connectivity index (χ4n) is 3.40. The van der Waals surface area contributed by atoms with Crippen molar-refractivity contribution >= 4 is 22.0 Å². The Bertz CT molecular complexity index is 794. The number of carbonyl (C=O) groups excluding carboxylic acids is 2. The number of piperidine rings is 1. The molecule has 1 aliphatic rings. The van der Waals surface area contributed by atoms with Crippen molar-refractivity contribution in [3.63, 3.8) is 0 Å². The summed E-state index contributed by atoms with van der Waals surface area (Å²) in [6, 6.07) is 8.69. The number of carbonyl (C=O) groups is 2. The SMILES string of the molecule is CCCS(=O)(=O)N(C(=O)Cc1ccccc1)C1CCN(C(=O)OC(C)(C)C)CC1. The summed E-state index contributed by atoms with van der Waals surface area (Å²) in [5.41, 5.74) is 0.191. The van der Waals surface area contributed by atoms with Gasteiger partial charge in [0.25, 0.3) is 0 Å². The number of hydrogen-bond donors (Lipinski definition) is 0. The van der Waals surface area contributed by atoms with E-state index in [-0.39, 0.29) is 12.2 Å². The molecule has 0 saturated carbocycles.